The van der Waals surface area contributed by atoms with Crippen LogP contribution in [0.4, 0.5) is 10.1 Å². The van der Waals surface area contributed by atoms with Crippen LogP contribution in [0.1, 0.15) is 38.2 Å². The van der Waals surface area contributed by atoms with E-state index in [1.807, 2.05) is 6.07 Å². The van der Waals surface area contributed by atoms with Gasteiger partial charge in [-0.25, -0.2) is 4.39 Å². The summed E-state index contributed by atoms with van der Waals surface area (Å²) in [6.07, 6.45) is 5.07. The summed E-state index contributed by atoms with van der Waals surface area (Å²) in [5.74, 6) is -0.301. The lowest BCUT2D eigenvalue weighted by atomic mass is 10.1. The zero-order valence-electron chi connectivity index (χ0n) is 10.5. The smallest absolute Gasteiger partial charge is 0.146 e. The molecule has 0 amide bonds. The van der Waals surface area contributed by atoms with Gasteiger partial charge in [-0.3, -0.25) is 4.90 Å². The SMILES string of the molecule is CC1CCCCCN1Cc1cccc(F)c1N. The Morgan fingerprint density at radius 1 is 1.35 bits per heavy atom. The molecule has 1 aliphatic rings. The number of hydrogen-bond donors (Lipinski definition) is 1. The first-order valence-corrected chi connectivity index (χ1v) is 6.45. The van der Waals surface area contributed by atoms with Crippen molar-refractivity contribution < 1.29 is 4.39 Å². The van der Waals surface area contributed by atoms with Crippen molar-refractivity contribution in [3.8, 4) is 0 Å². The Labute approximate surface area is 103 Å². The van der Waals surface area contributed by atoms with Crippen LogP contribution in [0, 0.1) is 5.82 Å². The van der Waals surface area contributed by atoms with Gasteiger partial charge in [-0.2, -0.15) is 0 Å². The molecular weight excluding hydrogens is 215 g/mol. The van der Waals surface area contributed by atoms with E-state index in [1.165, 1.54) is 31.7 Å². The van der Waals surface area contributed by atoms with Gasteiger partial charge in [0, 0.05) is 12.6 Å². The highest BCUT2D eigenvalue weighted by molar-refractivity contribution is 5.47. The molecule has 1 aromatic carbocycles. The number of benzene rings is 1. The molecular formula is C14H21FN2. The quantitative estimate of drug-likeness (QED) is 0.799. The van der Waals surface area contributed by atoms with Gasteiger partial charge in [0.25, 0.3) is 0 Å². The van der Waals surface area contributed by atoms with E-state index in [1.54, 1.807) is 6.07 Å². The molecule has 0 aliphatic carbocycles. The molecule has 0 radical (unpaired) electrons. The summed E-state index contributed by atoms with van der Waals surface area (Å²) in [6.45, 7) is 4.11. The second-order valence-electron chi connectivity index (χ2n) is 4.98. The van der Waals surface area contributed by atoms with Gasteiger partial charge in [0.15, 0.2) is 0 Å². The summed E-state index contributed by atoms with van der Waals surface area (Å²) in [5.41, 5.74) is 7.01. The second kappa shape index (κ2) is 5.50. The van der Waals surface area contributed by atoms with Crippen molar-refractivity contribution in [1.29, 1.82) is 0 Å². The minimum atomic E-state index is -0.301. The van der Waals surface area contributed by atoms with Crippen molar-refractivity contribution in [3.05, 3.63) is 29.6 Å². The molecule has 2 nitrogen and oxygen atoms in total. The third kappa shape index (κ3) is 2.97. The maximum atomic E-state index is 13.4. The molecule has 0 aromatic heterocycles. The predicted octanol–water partition coefficient (Wildman–Crippen LogP) is 3.17. The zero-order valence-corrected chi connectivity index (χ0v) is 10.5. The first-order chi connectivity index (χ1) is 8.18. The number of halogens is 1. The molecule has 94 valence electrons. The molecule has 1 saturated heterocycles. The van der Waals surface area contributed by atoms with Crippen LogP contribution in [-0.2, 0) is 6.54 Å². The normalized spacial score (nSPS) is 22.4. The average molecular weight is 236 g/mol. The molecule has 1 aromatic rings. The lowest BCUT2D eigenvalue weighted by molar-refractivity contribution is 0.205. The highest BCUT2D eigenvalue weighted by Crippen LogP contribution is 2.22. The summed E-state index contributed by atoms with van der Waals surface area (Å²) in [4.78, 5) is 2.41. The minimum absolute atomic E-state index is 0.301. The maximum absolute atomic E-state index is 13.4. The van der Waals surface area contributed by atoms with E-state index >= 15 is 0 Å². The van der Waals surface area contributed by atoms with E-state index in [9.17, 15) is 4.39 Å². The molecule has 1 unspecified atom stereocenters. The first kappa shape index (κ1) is 12.4. The number of nitrogens with zero attached hydrogens (tertiary/aromatic N) is 1. The Bertz CT molecular complexity index is 378. The summed E-state index contributed by atoms with van der Waals surface area (Å²) in [5, 5.41) is 0. The van der Waals surface area contributed by atoms with Gasteiger partial charge in [0.1, 0.15) is 5.82 Å². The molecule has 0 spiro atoms. The number of rotatable bonds is 2. The molecule has 1 atom stereocenters. The van der Waals surface area contributed by atoms with Crippen LogP contribution in [0.25, 0.3) is 0 Å². The van der Waals surface area contributed by atoms with Crippen molar-refractivity contribution in [2.45, 2.75) is 45.2 Å². The molecule has 1 aliphatic heterocycles. The Hall–Kier alpha value is -1.09. The summed E-state index contributed by atoms with van der Waals surface area (Å²) < 4.78 is 13.4. The lowest BCUT2D eigenvalue weighted by Gasteiger charge is -2.27. The monoisotopic (exact) mass is 236 g/mol. The fourth-order valence-electron chi connectivity index (χ4n) is 2.51. The van der Waals surface area contributed by atoms with Crippen molar-refractivity contribution in [2.75, 3.05) is 12.3 Å². The van der Waals surface area contributed by atoms with E-state index in [0.29, 0.717) is 11.7 Å². The molecule has 0 bridgehead atoms. The Balaban J connectivity index is 2.10. The molecule has 3 heteroatoms. The summed E-state index contributed by atoms with van der Waals surface area (Å²) in [7, 11) is 0. The predicted molar refractivity (Wildman–Crippen MR) is 69.2 cm³/mol. The Kier molecular flexibility index (Phi) is 4.00. The molecule has 2 N–H and O–H groups in total. The van der Waals surface area contributed by atoms with Crippen LogP contribution in [0.3, 0.4) is 0 Å². The first-order valence-electron chi connectivity index (χ1n) is 6.45. The van der Waals surface area contributed by atoms with Crippen molar-refractivity contribution >= 4 is 5.69 Å². The average Bonchev–Trinajstić information content (AvgIpc) is 2.51. The summed E-state index contributed by atoms with van der Waals surface area (Å²) in [6, 6.07) is 5.66. The maximum Gasteiger partial charge on any atom is 0.146 e. The standard InChI is InChI=1S/C14H21FN2/c1-11-6-3-2-4-9-17(11)10-12-7-5-8-13(15)14(12)16/h5,7-8,11H,2-4,6,9-10,16H2,1H3. The van der Waals surface area contributed by atoms with Gasteiger partial charge < -0.3 is 5.73 Å². The molecule has 0 saturated carbocycles. The van der Waals surface area contributed by atoms with Crippen LogP contribution < -0.4 is 5.73 Å². The van der Waals surface area contributed by atoms with Gasteiger partial charge in [-0.15, -0.1) is 0 Å². The Morgan fingerprint density at radius 3 is 3.00 bits per heavy atom. The molecule has 1 heterocycles. The lowest BCUT2D eigenvalue weighted by Crippen LogP contribution is -2.32. The van der Waals surface area contributed by atoms with Crippen LogP contribution in [0.5, 0.6) is 0 Å². The summed E-state index contributed by atoms with van der Waals surface area (Å²) >= 11 is 0. The van der Waals surface area contributed by atoms with E-state index in [2.05, 4.69) is 11.8 Å². The Morgan fingerprint density at radius 2 is 2.18 bits per heavy atom. The number of para-hydroxylation sites is 1. The van der Waals surface area contributed by atoms with Gasteiger partial charge in [-0.1, -0.05) is 25.0 Å². The third-order valence-electron chi connectivity index (χ3n) is 3.71. The van der Waals surface area contributed by atoms with Crippen molar-refractivity contribution in [2.24, 2.45) is 0 Å². The number of nitrogens with two attached hydrogens (primary N) is 1. The second-order valence-corrected chi connectivity index (χ2v) is 4.98. The highest BCUT2D eigenvalue weighted by atomic mass is 19.1. The van der Waals surface area contributed by atoms with Crippen LogP contribution >= 0.6 is 0 Å². The van der Waals surface area contributed by atoms with Crippen LogP contribution in [0.2, 0.25) is 0 Å². The van der Waals surface area contributed by atoms with E-state index in [0.717, 1.165) is 18.7 Å². The third-order valence-corrected chi connectivity index (χ3v) is 3.71. The number of likely N-dealkylation sites (tertiary alicyclic amines) is 1. The largest absolute Gasteiger partial charge is 0.396 e. The van der Waals surface area contributed by atoms with Crippen molar-refractivity contribution in [1.82, 2.24) is 4.90 Å². The topological polar surface area (TPSA) is 29.3 Å². The van der Waals surface area contributed by atoms with E-state index in [-0.39, 0.29) is 5.82 Å². The minimum Gasteiger partial charge on any atom is -0.396 e. The van der Waals surface area contributed by atoms with Gasteiger partial charge >= 0.3 is 0 Å². The van der Waals surface area contributed by atoms with Gasteiger partial charge in [0.2, 0.25) is 0 Å². The molecule has 1 fully saturated rings. The van der Waals surface area contributed by atoms with E-state index in [4.69, 9.17) is 5.73 Å². The highest BCUT2D eigenvalue weighted by Gasteiger charge is 2.18. The van der Waals surface area contributed by atoms with Crippen molar-refractivity contribution in [3.63, 3.8) is 0 Å². The zero-order chi connectivity index (χ0) is 12.3. The number of anilines is 1. The fraction of sp³-hybridized carbons (Fsp3) is 0.571. The van der Waals surface area contributed by atoms with Gasteiger partial charge in [0.05, 0.1) is 5.69 Å². The molecule has 2 rings (SSSR count). The van der Waals surface area contributed by atoms with Crippen LogP contribution in [-0.4, -0.2) is 17.5 Å². The number of nitrogen functional groups attached to an aromatic ring is 1. The fourth-order valence-corrected chi connectivity index (χ4v) is 2.51. The van der Waals surface area contributed by atoms with E-state index < -0.39 is 0 Å². The van der Waals surface area contributed by atoms with Gasteiger partial charge in [-0.05, 0) is 37.9 Å². The molecule has 17 heavy (non-hydrogen) atoms. The van der Waals surface area contributed by atoms with Crippen LogP contribution in [0.15, 0.2) is 18.2 Å². The number of hydrogen-bond acceptors (Lipinski definition) is 2.